The lowest BCUT2D eigenvalue weighted by molar-refractivity contribution is 0.666. The fourth-order valence-electron chi connectivity index (χ4n) is 4.01. The summed E-state index contributed by atoms with van der Waals surface area (Å²) in [6, 6.07) is 0. The van der Waals surface area contributed by atoms with Crippen LogP contribution in [-0.2, 0) is 38.5 Å². The first kappa shape index (κ1) is 13.6. The molecule has 18 heavy (non-hydrogen) atoms. The molecule has 0 fully saturated rings. The summed E-state index contributed by atoms with van der Waals surface area (Å²) in [6.07, 6.45) is 10.4. The average molecular weight is 244 g/mol. The third kappa shape index (κ3) is 2.11. The van der Waals surface area contributed by atoms with Crippen LogP contribution >= 0.6 is 0 Å². The van der Waals surface area contributed by atoms with E-state index in [2.05, 4.69) is 27.7 Å². The van der Waals surface area contributed by atoms with Gasteiger partial charge in [0.15, 0.2) is 0 Å². The van der Waals surface area contributed by atoms with Crippen molar-refractivity contribution >= 4 is 0 Å². The summed E-state index contributed by atoms with van der Waals surface area (Å²) in [5, 5.41) is 0. The molecule has 0 saturated carbocycles. The fourth-order valence-corrected chi connectivity index (χ4v) is 4.01. The van der Waals surface area contributed by atoms with Gasteiger partial charge < -0.3 is 0 Å². The Kier molecular flexibility index (Phi) is 4.48. The van der Waals surface area contributed by atoms with E-state index in [1.165, 1.54) is 51.4 Å². The maximum absolute atomic E-state index is 2.34. The van der Waals surface area contributed by atoms with Gasteiger partial charge in [-0.05, 0) is 84.7 Å². The van der Waals surface area contributed by atoms with E-state index in [0.29, 0.717) is 0 Å². The molecule has 0 aliphatic heterocycles. The summed E-state index contributed by atoms with van der Waals surface area (Å²) in [7, 11) is 0. The Bertz CT molecular complexity index is 326. The number of hydrogen-bond donors (Lipinski definition) is 0. The van der Waals surface area contributed by atoms with Crippen molar-refractivity contribution < 1.29 is 0 Å². The predicted octanol–water partition coefficient (Wildman–Crippen LogP) is 4.82. The van der Waals surface area contributed by atoms with Gasteiger partial charge in [-0.25, -0.2) is 0 Å². The Morgan fingerprint density at radius 1 is 0.556 bits per heavy atom. The maximum atomic E-state index is 2.34. The zero-order chi connectivity index (χ0) is 13.1. The molecule has 0 radical (unpaired) electrons. The zero-order valence-corrected chi connectivity index (χ0v) is 12.7. The van der Waals surface area contributed by atoms with Gasteiger partial charge in [0, 0.05) is 0 Å². The molecule has 0 atom stereocenters. The van der Waals surface area contributed by atoms with Crippen LogP contribution in [0.25, 0.3) is 0 Å². The second-order valence-corrected chi connectivity index (χ2v) is 5.49. The van der Waals surface area contributed by atoms with Crippen LogP contribution in [0.5, 0.6) is 0 Å². The zero-order valence-electron chi connectivity index (χ0n) is 12.7. The van der Waals surface area contributed by atoms with Gasteiger partial charge in [0.05, 0.1) is 0 Å². The second kappa shape index (κ2) is 5.91. The first-order chi connectivity index (χ1) is 8.78. The van der Waals surface area contributed by atoms with Gasteiger partial charge in [-0.15, -0.1) is 0 Å². The molecule has 0 spiro atoms. The summed E-state index contributed by atoms with van der Waals surface area (Å²) in [5.41, 5.74) is 10.3. The van der Waals surface area contributed by atoms with Crippen LogP contribution in [0.1, 0.15) is 73.9 Å². The average Bonchev–Trinajstić information content (AvgIpc) is 2.44. The Morgan fingerprint density at radius 3 is 1.17 bits per heavy atom. The lowest BCUT2D eigenvalue weighted by Crippen LogP contribution is -2.15. The normalized spacial score (nSPS) is 14.7. The molecule has 0 nitrogen and oxygen atoms in total. The SMILES string of the molecule is CCc1c(CC)c(CC)c2c(c1CC)CCCC2. The first-order valence-corrected chi connectivity index (χ1v) is 7.95. The fraction of sp³-hybridized carbons (Fsp3) is 0.667. The van der Waals surface area contributed by atoms with Gasteiger partial charge in [-0.1, -0.05) is 27.7 Å². The molecule has 1 aromatic rings. The van der Waals surface area contributed by atoms with Crippen LogP contribution in [0.2, 0.25) is 0 Å². The third-order valence-corrected chi connectivity index (χ3v) is 4.70. The van der Waals surface area contributed by atoms with Crippen molar-refractivity contribution in [3.63, 3.8) is 0 Å². The van der Waals surface area contributed by atoms with E-state index >= 15 is 0 Å². The van der Waals surface area contributed by atoms with Crippen molar-refractivity contribution in [3.05, 3.63) is 33.4 Å². The number of fused-ring (bicyclic) bond motifs is 1. The molecular formula is C18H28. The van der Waals surface area contributed by atoms with E-state index < -0.39 is 0 Å². The van der Waals surface area contributed by atoms with E-state index in [9.17, 15) is 0 Å². The van der Waals surface area contributed by atoms with Crippen LogP contribution in [0, 0.1) is 0 Å². The largest absolute Gasteiger partial charge is 0.0613 e. The lowest BCUT2D eigenvalue weighted by Gasteiger charge is -2.28. The Balaban J connectivity index is 2.74. The van der Waals surface area contributed by atoms with Crippen molar-refractivity contribution in [2.75, 3.05) is 0 Å². The Hall–Kier alpha value is -0.780. The standard InChI is InChI=1S/C18H28/c1-5-13-14(6-2)16(8-4)18-12-10-9-11-17(18)15(13)7-3/h5-12H2,1-4H3. The Labute approximate surface area is 113 Å². The van der Waals surface area contributed by atoms with E-state index in [4.69, 9.17) is 0 Å². The molecule has 2 rings (SSSR count). The quantitative estimate of drug-likeness (QED) is 0.712. The predicted molar refractivity (Wildman–Crippen MR) is 80.6 cm³/mol. The Morgan fingerprint density at radius 2 is 0.889 bits per heavy atom. The van der Waals surface area contributed by atoms with E-state index in [0.717, 1.165) is 0 Å². The highest BCUT2D eigenvalue weighted by Gasteiger charge is 2.21. The molecule has 100 valence electrons. The van der Waals surface area contributed by atoms with Gasteiger partial charge in [-0.2, -0.15) is 0 Å². The highest BCUT2D eigenvalue weighted by atomic mass is 14.3. The molecule has 0 amide bonds. The first-order valence-electron chi connectivity index (χ1n) is 7.95. The molecule has 0 unspecified atom stereocenters. The minimum atomic E-state index is 1.21. The van der Waals surface area contributed by atoms with Gasteiger partial charge in [0.1, 0.15) is 0 Å². The highest BCUT2D eigenvalue weighted by molar-refractivity contribution is 5.53. The molecule has 0 saturated heterocycles. The van der Waals surface area contributed by atoms with Crippen molar-refractivity contribution in [2.24, 2.45) is 0 Å². The van der Waals surface area contributed by atoms with Crippen LogP contribution in [0.15, 0.2) is 0 Å². The molecule has 0 aromatic heterocycles. The number of hydrogen-bond acceptors (Lipinski definition) is 0. The van der Waals surface area contributed by atoms with Crippen LogP contribution in [-0.4, -0.2) is 0 Å². The summed E-state index contributed by atoms with van der Waals surface area (Å²) < 4.78 is 0. The van der Waals surface area contributed by atoms with Crippen LogP contribution in [0.4, 0.5) is 0 Å². The molecule has 0 N–H and O–H groups in total. The van der Waals surface area contributed by atoms with Crippen molar-refractivity contribution in [1.82, 2.24) is 0 Å². The molecule has 0 heterocycles. The minimum Gasteiger partial charge on any atom is -0.0613 e. The monoisotopic (exact) mass is 244 g/mol. The number of benzene rings is 1. The van der Waals surface area contributed by atoms with Crippen molar-refractivity contribution in [2.45, 2.75) is 79.1 Å². The molecule has 0 heteroatoms. The highest BCUT2D eigenvalue weighted by Crippen LogP contribution is 2.35. The van der Waals surface area contributed by atoms with Gasteiger partial charge in [-0.3, -0.25) is 0 Å². The van der Waals surface area contributed by atoms with Crippen LogP contribution in [0.3, 0.4) is 0 Å². The smallest absolute Gasteiger partial charge is 0.0273 e. The van der Waals surface area contributed by atoms with Crippen LogP contribution < -0.4 is 0 Å². The third-order valence-electron chi connectivity index (χ3n) is 4.70. The molecule has 1 aliphatic rings. The van der Waals surface area contributed by atoms with E-state index in [-0.39, 0.29) is 0 Å². The second-order valence-electron chi connectivity index (χ2n) is 5.49. The van der Waals surface area contributed by atoms with Crippen molar-refractivity contribution in [1.29, 1.82) is 0 Å². The number of rotatable bonds is 4. The summed E-state index contributed by atoms with van der Waals surface area (Å²) in [6.45, 7) is 9.35. The maximum Gasteiger partial charge on any atom is -0.0273 e. The molecule has 1 aliphatic carbocycles. The summed E-state index contributed by atoms with van der Waals surface area (Å²) >= 11 is 0. The molecule has 1 aromatic carbocycles. The van der Waals surface area contributed by atoms with Gasteiger partial charge in [0.2, 0.25) is 0 Å². The molecular weight excluding hydrogens is 216 g/mol. The van der Waals surface area contributed by atoms with Gasteiger partial charge in [0.25, 0.3) is 0 Å². The molecule has 0 bridgehead atoms. The van der Waals surface area contributed by atoms with E-state index in [1.807, 2.05) is 0 Å². The summed E-state index contributed by atoms with van der Waals surface area (Å²) in [5.74, 6) is 0. The van der Waals surface area contributed by atoms with Crippen molar-refractivity contribution in [3.8, 4) is 0 Å². The minimum absolute atomic E-state index is 1.21. The summed E-state index contributed by atoms with van der Waals surface area (Å²) in [4.78, 5) is 0. The topological polar surface area (TPSA) is 0 Å². The van der Waals surface area contributed by atoms with E-state index in [1.54, 1.807) is 33.4 Å². The van der Waals surface area contributed by atoms with Gasteiger partial charge >= 0.3 is 0 Å². The lowest BCUT2D eigenvalue weighted by atomic mass is 9.77.